The first-order chi connectivity index (χ1) is 41.6. The largest absolute Gasteiger partial charge is 0.459 e. The summed E-state index contributed by atoms with van der Waals surface area (Å²) >= 11 is 0. The summed E-state index contributed by atoms with van der Waals surface area (Å²) in [6.07, 6.45) is -19.6. The summed E-state index contributed by atoms with van der Waals surface area (Å²) in [6.45, 7) is 15.6. The normalized spacial score (nSPS) is 39.1. The Morgan fingerprint density at radius 2 is 1.24 bits per heavy atom. The molecule has 0 aliphatic carbocycles. The van der Waals surface area contributed by atoms with Gasteiger partial charge in [0.15, 0.2) is 37.2 Å². The Morgan fingerprint density at radius 1 is 0.682 bits per heavy atom. The Kier molecular flexibility index (Phi) is 23.9. The topological polar surface area (TPSA) is 296 Å². The smallest absolute Gasteiger partial charge is 0.338 e. The number of hydrogen-bond acceptors (Lipinski definition) is 23. The fraction of sp³-hybridized carbons (Fsp3) is 0.646. The molecule has 23 nitrogen and oxygen atoms in total. The average molecular weight is 1240 g/mol. The number of rotatable bonds is 17. The van der Waals surface area contributed by atoms with E-state index in [0.717, 1.165) is 0 Å². The summed E-state index contributed by atoms with van der Waals surface area (Å²) in [5.74, 6) is -7.84. The van der Waals surface area contributed by atoms with Crippen LogP contribution in [0.4, 0.5) is 0 Å². The van der Waals surface area contributed by atoms with Crippen LogP contribution < -0.4 is 0 Å². The minimum atomic E-state index is -2.24. The lowest BCUT2D eigenvalue weighted by Gasteiger charge is -2.49. The number of carbonyl (C=O) groups is 4. The van der Waals surface area contributed by atoms with Crippen LogP contribution in [0, 0.1) is 23.7 Å². The number of aliphatic hydroxyl groups excluding tert-OH is 3. The van der Waals surface area contributed by atoms with E-state index in [0.29, 0.717) is 6.42 Å². The molecule has 0 saturated carbocycles. The predicted molar refractivity (Wildman–Crippen MR) is 317 cm³/mol. The molecule has 0 aromatic heterocycles. The van der Waals surface area contributed by atoms with Gasteiger partial charge in [0.25, 0.3) is 0 Å². The molecule has 4 heterocycles. The fourth-order valence-electron chi connectivity index (χ4n) is 12.7. The molecule has 0 amide bonds. The molecule has 3 aromatic rings. The van der Waals surface area contributed by atoms with Crippen molar-refractivity contribution in [2.75, 3.05) is 34.9 Å². The van der Waals surface area contributed by atoms with Gasteiger partial charge in [0.2, 0.25) is 0 Å². The molecule has 4 saturated heterocycles. The number of esters is 4. The van der Waals surface area contributed by atoms with Gasteiger partial charge in [-0.05, 0) is 111 Å². The molecule has 3 aromatic carbocycles. The Labute approximate surface area is 515 Å². The molecular weight excluding hydrogens is 1140 g/mol. The van der Waals surface area contributed by atoms with Crippen molar-refractivity contribution in [2.45, 2.75) is 210 Å². The summed E-state index contributed by atoms with van der Waals surface area (Å²) in [5.41, 5.74) is -5.05. The van der Waals surface area contributed by atoms with Crippen LogP contribution in [0.2, 0.25) is 0 Å². The Bertz CT molecular complexity index is 2770. The molecule has 0 radical (unpaired) electrons. The SMILES string of the molecule is CC[C@@H]1OC(=O)[C@H](C)[C@@H](O[C@H]2C[C@@](C)(OC)[C@@H](O)[C@H](C)O2)[C@H](C)[C@@H](O[C@@H]2O[C@H](C)C[C@H](N(C)C)[C@H]2O)[C@](C)(O)C[C@@H](C)/C(=N\O[C@H]2[C@H](OC(=O)c3ccccc3)[C@@H](OC(=O)c3ccccc3)[C@@H](OC)O[C@@H]2COC(=O)c2ccccc2)[C@H](C)[C@@H](O)[C@]1(C)O. The zero-order valence-electron chi connectivity index (χ0n) is 52.9. The van der Waals surface area contributed by atoms with Crippen LogP contribution in [-0.4, -0.2) is 210 Å². The maximum atomic E-state index is 14.9. The van der Waals surface area contributed by atoms with Crippen LogP contribution in [0.1, 0.15) is 126 Å². The van der Waals surface area contributed by atoms with Gasteiger partial charge in [-0.2, -0.15) is 0 Å². The lowest BCUT2D eigenvalue weighted by molar-refractivity contribution is -0.318. The number of likely N-dealkylation sites (N-methyl/N-ethyl adjacent to an activating group) is 1. The Balaban J connectivity index is 1.38. The van der Waals surface area contributed by atoms with Gasteiger partial charge in [-0.15, -0.1) is 0 Å². The highest BCUT2D eigenvalue weighted by Crippen LogP contribution is 2.42. The fourth-order valence-corrected chi connectivity index (χ4v) is 12.7. The van der Waals surface area contributed by atoms with Crippen LogP contribution in [-0.2, 0) is 61.7 Å². The first-order valence-electron chi connectivity index (χ1n) is 30.3. The molecular formula is C65H92N2O21. The number of oxime groups is 1. The van der Waals surface area contributed by atoms with Gasteiger partial charge in [0.1, 0.15) is 36.6 Å². The minimum absolute atomic E-state index is 0.00137. The van der Waals surface area contributed by atoms with Crippen molar-refractivity contribution in [1.82, 2.24) is 4.90 Å². The predicted octanol–water partition coefficient (Wildman–Crippen LogP) is 5.64. The van der Waals surface area contributed by atoms with Crippen molar-refractivity contribution in [3.8, 4) is 0 Å². The monoisotopic (exact) mass is 1240 g/mol. The van der Waals surface area contributed by atoms with Gasteiger partial charge in [0.05, 0.1) is 70.0 Å². The molecule has 7 rings (SSSR count). The van der Waals surface area contributed by atoms with Gasteiger partial charge >= 0.3 is 23.9 Å². The van der Waals surface area contributed by atoms with Crippen LogP contribution in [0.3, 0.4) is 0 Å². The van der Waals surface area contributed by atoms with Crippen molar-refractivity contribution >= 4 is 29.6 Å². The number of aliphatic hydroxyl groups is 5. The van der Waals surface area contributed by atoms with Crippen molar-refractivity contribution < 1.29 is 102 Å². The summed E-state index contributed by atoms with van der Waals surface area (Å²) in [6, 6.07) is 23.6. The van der Waals surface area contributed by atoms with Gasteiger partial charge in [-0.1, -0.05) is 87.4 Å². The van der Waals surface area contributed by atoms with E-state index in [1.807, 2.05) is 25.9 Å². The second-order valence-corrected chi connectivity index (χ2v) is 24.9. The van der Waals surface area contributed by atoms with E-state index >= 15 is 0 Å². The molecule has 23 atom stereocenters. The third-order valence-electron chi connectivity index (χ3n) is 17.9. The summed E-state index contributed by atoms with van der Waals surface area (Å²) < 4.78 is 69.0. The lowest BCUT2D eigenvalue weighted by Crippen LogP contribution is -2.62. The molecule has 88 heavy (non-hydrogen) atoms. The van der Waals surface area contributed by atoms with Crippen LogP contribution in [0.25, 0.3) is 0 Å². The van der Waals surface area contributed by atoms with Gasteiger partial charge in [0, 0.05) is 44.4 Å². The second kappa shape index (κ2) is 30.1. The number of carbonyl (C=O) groups excluding carboxylic acids is 4. The van der Waals surface area contributed by atoms with Crippen molar-refractivity contribution in [3.63, 3.8) is 0 Å². The highest BCUT2D eigenvalue weighted by atomic mass is 16.7. The summed E-state index contributed by atoms with van der Waals surface area (Å²) in [5, 5.41) is 66.7. The van der Waals surface area contributed by atoms with Crippen LogP contribution >= 0.6 is 0 Å². The molecule has 0 bridgehead atoms. The van der Waals surface area contributed by atoms with E-state index in [-0.39, 0.29) is 41.7 Å². The highest BCUT2D eigenvalue weighted by molar-refractivity contribution is 5.91. The molecule has 4 fully saturated rings. The van der Waals surface area contributed by atoms with Crippen molar-refractivity contribution in [2.24, 2.45) is 28.8 Å². The molecule has 0 unspecified atom stereocenters. The maximum Gasteiger partial charge on any atom is 0.338 e. The summed E-state index contributed by atoms with van der Waals surface area (Å²) in [7, 11) is 6.37. The maximum absolute atomic E-state index is 14.9. The molecule has 4 aliphatic heterocycles. The van der Waals surface area contributed by atoms with E-state index in [9.17, 15) is 44.7 Å². The average Bonchev–Trinajstić information content (AvgIpc) is 1.02. The molecule has 4 aliphatic rings. The third kappa shape index (κ3) is 16.1. The number of methoxy groups -OCH3 is 2. The van der Waals surface area contributed by atoms with E-state index < -0.39 is 169 Å². The Hall–Kier alpha value is -5.51. The number of cyclic esters (lactones) is 1. The number of ether oxygens (including phenoxy) is 11. The van der Waals surface area contributed by atoms with E-state index in [2.05, 4.69) is 0 Å². The van der Waals surface area contributed by atoms with Crippen molar-refractivity contribution in [1.29, 1.82) is 0 Å². The molecule has 0 spiro atoms. The lowest BCUT2D eigenvalue weighted by atomic mass is 9.73. The van der Waals surface area contributed by atoms with Gasteiger partial charge in [-0.3, -0.25) is 4.79 Å². The Morgan fingerprint density at radius 3 is 1.77 bits per heavy atom. The van der Waals surface area contributed by atoms with E-state index in [4.69, 9.17) is 62.1 Å². The quantitative estimate of drug-likeness (QED) is 0.0621. The highest BCUT2D eigenvalue weighted by Gasteiger charge is 2.56. The first kappa shape index (κ1) is 70.0. The molecule has 488 valence electrons. The second-order valence-electron chi connectivity index (χ2n) is 24.9. The molecule has 23 heteroatoms. The van der Waals surface area contributed by atoms with Crippen LogP contribution in [0.15, 0.2) is 96.2 Å². The number of benzene rings is 3. The standard InChI is InChI=1S/C65H92N2O21/c1-15-46-65(10,76)54(69)37(4)48(35(2)32-63(8,75)56(87-61-49(68)44(67(11)12)31-36(3)80-61)38(5)50(39(6)57(71)83-46)84-47-33-64(9,78-14)55(70)40(7)81-47)66-88-51-45(34-79-58(72)41-25-19-16-20-26-41)82-62(77-13)53(86-60(74)43-29-23-18-24-30-43)52(51)85-59(73)42-27-21-17-22-28-42/h16-30,35-40,44-47,49-56,61-62,68-70,75-76H,15,31-34H2,1-14H3/b66-48+/t35-,36-,37+,38+,39-,40+,44+,45-,46+,47+,49-,50+,51-,52+,53-,54-,55+,56-,61+,62+,63-,64-,65-/m1/s1. The van der Waals surface area contributed by atoms with Gasteiger partial charge < -0.3 is 87.4 Å². The van der Waals surface area contributed by atoms with Crippen LogP contribution in [0.5, 0.6) is 0 Å². The molecule has 5 N–H and O–H groups in total. The van der Waals surface area contributed by atoms with E-state index in [1.54, 1.807) is 115 Å². The summed E-state index contributed by atoms with van der Waals surface area (Å²) in [4.78, 5) is 65.4. The zero-order chi connectivity index (χ0) is 64.6. The zero-order valence-corrected chi connectivity index (χ0v) is 52.9. The minimum Gasteiger partial charge on any atom is -0.459 e. The van der Waals surface area contributed by atoms with E-state index in [1.165, 1.54) is 52.3 Å². The van der Waals surface area contributed by atoms with Gasteiger partial charge in [-0.25, -0.2) is 14.4 Å². The number of hydrogen-bond donors (Lipinski definition) is 5. The van der Waals surface area contributed by atoms with Crippen molar-refractivity contribution in [3.05, 3.63) is 108 Å². The third-order valence-corrected chi connectivity index (χ3v) is 17.9. The first-order valence-corrected chi connectivity index (χ1v) is 30.3. The number of nitrogens with zero attached hydrogens (tertiary/aromatic N) is 2.